The van der Waals surface area contributed by atoms with Crippen molar-refractivity contribution in [3.8, 4) is 17.3 Å². The van der Waals surface area contributed by atoms with Crippen LogP contribution in [0.3, 0.4) is 0 Å². The van der Waals surface area contributed by atoms with Gasteiger partial charge in [0.2, 0.25) is 5.89 Å². The number of hydrogen-bond acceptors (Lipinski definition) is 6. The molecule has 0 radical (unpaired) electrons. The van der Waals surface area contributed by atoms with Crippen LogP contribution in [-0.4, -0.2) is 21.4 Å². The number of rotatable bonds is 3. The van der Waals surface area contributed by atoms with Gasteiger partial charge in [0.25, 0.3) is 5.69 Å². The van der Waals surface area contributed by atoms with Crippen LogP contribution in [0.4, 0.5) is 5.69 Å². The molecular weight excluding hydrogens is 320 g/mol. The Balaban J connectivity index is 1.73. The SMILES string of the molecule is N#CN1CCC[C@H]1c1nc2cc(-c3cccc([N+](=O)[O-])c3)ccc2o1. The number of nitro groups is 1. The molecule has 0 N–H and O–H groups in total. The van der Waals surface area contributed by atoms with E-state index in [0.29, 0.717) is 17.0 Å². The van der Waals surface area contributed by atoms with Gasteiger partial charge in [-0.1, -0.05) is 18.2 Å². The quantitative estimate of drug-likeness (QED) is 0.408. The van der Waals surface area contributed by atoms with Gasteiger partial charge in [-0.25, -0.2) is 4.98 Å². The molecule has 1 saturated heterocycles. The minimum atomic E-state index is -0.410. The molecule has 3 aromatic rings. The van der Waals surface area contributed by atoms with E-state index in [-0.39, 0.29) is 11.7 Å². The first-order valence-corrected chi connectivity index (χ1v) is 7.97. The molecule has 2 aromatic carbocycles. The maximum Gasteiger partial charge on any atom is 0.270 e. The number of fused-ring (bicyclic) bond motifs is 1. The lowest BCUT2D eigenvalue weighted by Gasteiger charge is -2.13. The maximum absolute atomic E-state index is 11.0. The minimum absolute atomic E-state index is 0.0501. The zero-order valence-electron chi connectivity index (χ0n) is 13.3. The lowest BCUT2D eigenvalue weighted by Crippen LogP contribution is -2.17. The smallest absolute Gasteiger partial charge is 0.270 e. The molecule has 1 aliphatic heterocycles. The van der Waals surface area contributed by atoms with Gasteiger partial charge in [0.05, 0.1) is 4.92 Å². The molecule has 0 spiro atoms. The lowest BCUT2D eigenvalue weighted by atomic mass is 10.0. The van der Waals surface area contributed by atoms with Crippen LogP contribution in [0.2, 0.25) is 0 Å². The van der Waals surface area contributed by atoms with Gasteiger partial charge in [0, 0.05) is 18.7 Å². The highest BCUT2D eigenvalue weighted by Gasteiger charge is 2.29. The van der Waals surface area contributed by atoms with Gasteiger partial charge in [-0.3, -0.25) is 15.0 Å². The van der Waals surface area contributed by atoms with E-state index in [0.717, 1.165) is 30.5 Å². The van der Waals surface area contributed by atoms with E-state index in [9.17, 15) is 15.4 Å². The number of nitro benzene ring substituents is 1. The summed E-state index contributed by atoms with van der Waals surface area (Å²) < 4.78 is 5.82. The summed E-state index contributed by atoms with van der Waals surface area (Å²) in [6.45, 7) is 0.721. The number of likely N-dealkylation sites (tertiary alicyclic amines) is 1. The number of nitriles is 1. The normalized spacial score (nSPS) is 16.9. The average molecular weight is 334 g/mol. The minimum Gasteiger partial charge on any atom is -0.438 e. The molecular formula is C18H14N4O3. The van der Waals surface area contributed by atoms with E-state index in [2.05, 4.69) is 11.2 Å². The van der Waals surface area contributed by atoms with Crippen molar-refractivity contribution in [2.45, 2.75) is 18.9 Å². The van der Waals surface area contributed by atoms with Crippen LogP contribution in [0.5, 0.6) is 0 Å². The zero-order chi connectivity index (χ0) is 17.4. The van der Waals surface area contributed by atoms with Crippen LogP contribution in [0.25, 0.3) is 22.2 Å². The first-order valence-electron chi connectivity index (χ1n) is 7.97. The monoisotopic (exact) mass is 334 g/mol. The highest BCUT2D eigenvalue weighted by Crippen LogP contribution is 2.34. The van der Waals surface area contributed by atoms with E-state index in [1.54, 1.807) is 11.0 Å². The molecule has 0 bridgehead atoms. The molecule has 1 aliphatic rings. The number of nitrogens with zero attached hydrogens (tertiary/aromatic N) is 4. The molecule has 1 fully saturated rings. The highest BCUT2D eigenvalue weighted by atomic mass is 16.6. The van der Waals surface area contributed by atoms with Gasteiger partial charge in [-0.2, -0.15) is 5.26 Å². The van der Waals surface area contributed by atoms with E-state index in [1.165, 1.54) is 12.1 Å². The topological polar surface area (TPSA) is 96.2 Å². The molecule has 1 atom stereocenters. The zero-order valence-corrected chi connectivity index (χ0v) is 13.3. The number of aromatic nitrogens is 1. The van der Waals surface area contributed by atoms with Crippen molar-refractivity contribution in [2.24, 2.45) is 0 Å². The average Bonchev–Trinajstić information content (AvgIpc) is 3.27. The van der Waals surface area contributed by atoms with Crippen molar-refractivity contribution in [3.63, 3.8) is 0 Å². The van der Waals surface area contributed by atoms with Gasteiger partial charge in [-0.15, -0.1) is 0 Å². The Morgan fingerprint density at radius 2 is 2.12 bits per heavy atom. The molecule has 0 amide bonds. The van der Waals surface area contributed by atoms with Gasteiger partial charge in [-0.05, 0) is 36.1 Å². The van der Waals surface area contributed by atoms with Crippen molar-refractivity contribution in [2.75, 3.05) is 6.54 Å². The molecule has 2 heterocycles. The second kappa shape index (κ2) is 5.91. The standard InChI is InChI=1S/C18H14N4O3/c19-11-21-8-2-5-16(21)18-20-15-10-13(6-7-17(15)25-18)12-3-1-4-14(9-12)22(23)24/h1,3-4,6-7,9-10,16H,2,5,8H2/t16-/m0/s1. The van der Waals surface area contributed by atoms with E-state index >= 15 is 0 Å². The van der Waals surface area contributed by atoms with Crippen molar-refractivity contribution in [3.05, 3.63) is 58.5 Å². The molecule has 124 valence electrons. The fraction of sp³-hybridized carbons (Fsp3) is 0.222. The van der Waals surface area contributed by atoms with E-state index in [4.69, 9.17) is 4.42 Å². The fourth-order valence-corrected chi connectivity index (χ4v) is 3.21. The van der Waals surface area contributed by atoms with Crippen LogP contribution < -0.4 is 0 Å². The molecule has 7 nitrogen and oxygen atoms in total. The van der Waals surface area contributed by atoms with Crippen molar-refractivity contribution in [1.29, 1.82) is 5.26 Å². The predicted octanol–water partition coefficient (Wildman–Crippen LogP) is 4.02. The van der Waals surface area contributed by atoms with Gasteiger partial charge in [0.1, 0.15) is 11.6 Å². The third-order valence-corrected chi connectivity index (χ3v) is 4.46. The summed E-state index contributed by atoms with van der Waals surface area (Å²) in [5.41, 5.74) is 2.96. The fourth-order valence-electron chi connectivity index (χ4n) is 3.21. The maximum atomic E-state index is 11.0. The first kappa shape index (κ1) is 15.1. The summed E-state index contributed by atoms with van der Waals surface area (Å²) in [4.78, 5) is 16.8. The second-order valence-electron chi connectivity index (χ2n) is 5.99. The second-order valence-corrected chi connectivity index (χ2v) is 5.99. The van der Waals surface area contributed by atoms with E-state index < -0.39 is 4.92 Å². The Morgan fingerprint density at radius 1 is 1.28 bits per heavy atom. The molecule has 0 saturated carbocycles. The Hall–Kier alpha value is -3.40. The number of benzene rings is 2. The number of hydrogen-bond donors (Lipinski definition) is 0. The van der Waals surface area contributed by atoms with Gasteiger partial charge < -0.3 is 4.42 Å². The van der Waals surface area contributed by atoms with E-state index in [1.807, 2.05) is 24.3 Å². The molecule has 1 aromatic heterocycles. The van der Waals surface area contributed by atoms with Crippen LogP contribution in [-0.2, 0) is 0 Å². The van der Waals surface area contributed by atoms with Crippen LogP contribution in [0.1, 0.15) is 24.8 Å². The summed E-state index contributed by atoms with van der Waals surface area (Å²) in [6, 6.07) is 11.9. The molecule has 0 aliphatic carbocycles. The molecule has 0 unspecified atom stereocenters. The summed E-state index contributed by atoms with van der Waals surface area (Å²) in [5.74, 6) is 0.547. The Bertz CT molecular complexity index is 1000. The third kappa shape index (κ3) is 2.68. The first-order chi connectivity index (χ1) is 12.2. The summed E-state index contributed by atoms with van der Waals surface area (Å²) >= 11 is 0. The summed E-state index contributed by atoms with van der Waals surface area (Å²) in [6.07, 6.45) is 3.97. The van der Waals surface area contributed by atoms with Crippen LogP contribution in [0.15, 0.2) is 46.9 Å². The third-order valence-electron chi connectivity index (χ3n) is 4.46. The Labute approximate surface area is 143 Å². The highest BCUT2D eigenvalue weighted by molar-refractivity contribution is 5.81. The Morgan fingerprint density at radius 3 is 2.92 bits per heavy atom. The lowest BCUT2D eigenvalue weighted by molar-refractivity contribution is -0.384. The van der Waals surface area contributed by atoms with Gasteiger partial charge in [0.15, 0.2) is 11.8 Å². The molecule has 4 rings (SSSR count). The van der Waals surface area contributed by atoms with Crippen molar-refractivity contribution in [1.82, 2.24) is 9.88 Å². The Kier molecular flexibility index (Phi) is 3.58. The molecule has 7 heteroatoms. The van der Waals surface area contributed by atoms with Crippen molar-refractivity contribution < 1.29 is 9.34 Å². The number of non-ortho nitro benzene ring substituents is 1. The van der Waals surface area contributed by atoms with Crippen LogP contribution >= 0.6 is 0 Å². The van der Waals surface area contributed by atoms with Crippen LogP contribution in [0, 0.1) is 21.6 Å². The summed E-state index contributed by atoms with van der Waals surface area (Å²) in [5, 5.41) is 20.1. The predicted molar refractivity (Wildman–Crippen MR) is 90.4 cm³/mol. The molecule has 25 heavy (non-hydrogen) atoms. The van der Waals surface area contributed by atoms with Crippen molar-refractivity contribution >= 4 is 16.8 Å². The number of oxazole rings is 1. The summed E-state index contributed by atoms with van der Waals surface area (Å²) in [7, 11) is 0. The van der Waals surface area contributed by atoms with Gasteiger partial charge >= 0.3 is 0 Å². The largest absolute Gasteiger partial charge is 0.438 e.